The number of carbonyl (C=O) groups excluding carboxylic acids is 1. The zero-order valence-electron chi connectivity index (χ0n) is 13.3. The normalized spacial score (nSPS) is 10.4. The van der Waals surface area contributed by atoms with Crippen LogP contribution in [0.3, 0.4) is 0 Å². The molecule has 0 spiro atoms. The van der Waals surface area contributed by atoms with Crippen molar-refractivity contribution in [3.8, 4) is 0 Å². The summed E-state index contributed by atoms with van der Waals surface area (Å²) in [7, 11) is 0. The molecule has 0 unspecified atom stereocenters. The highest BCUT2D eigenvalue weighted by molar-refractivity contribution is 6.28. The molecule has 23 heavy (non-hydrogen) atoms. The Morgan fingerprint density at radius 1 is 1.26 bits per heavy atom. The van der Waals surface area contributed by atoms with Crippen LogP contribution < -0.4 is 4.90 Å². The summed E-state index contributed by atoms with van der Waals surface area (Å²) in [5, 5.41) is 0.123. The Morgan fingerprint density at radius 2 is 2.00 bits per heavy atom. The van der Waals surface area contributed by atoms with Gasteiger partial charge in [-0.05, 0) is 30.5 Å². The Morgan fingerprint density at radius 3 is 2.65 bits per heavy atom. The van der Waals surface area contributed by atoms with Crippen LogP contribution in [0.15, 0.2) is 36.4 Å². The summed E-state index contributed by atoms with van der Waals surface area (Å²) >= 11 is 5.90. The molecule has 0 saturated heterocycles. The fourth-order valence-corrected chi connectivity index (χ4v) is 2.29. The molecule has 5 nitrogen and oxygen atoms in total. The Hall–Kier alpha value is -2.14. The number of halogens is 1. The minimum atomic E-state index is -0.434. The van der Waals surface area contributed by atoms with Gasteiger partial charge < -0.3 is 4.74 Å². The highest BCUT2D eigenvalue weighted by Gasteiger charge is 2.19. The minimum Gasteiger partial charge on any atom is -0.444 e. The summed E-state index contributed by atoms with van der Waals surface area (Å²) in [5.41, 5.74) is 1.64. The molecule has 0 aliphatic rings. The van der Waals surface area contributed by atoms with Gasteiger partial charge in [-0.1, -0.05) is 43.7 Å². The third kappa shape index (κ3) is 5.21. The minimum absolute atomic E-state index is 0.123. The molecular weight excluding hydrogens is 314 g/mol. The van der Waals surface area contributed by atoms with Crippen molar-refractivity contribution in [2.45, 2.75) is 33.3 Å². The molecule has 0 aliphatic heterocycles. The molecule has 1 aromatic heterocycles. The maximum absolute atomic E-state index is 12.4. The first kappa shape index (κ1) is 17.2. The zero-order chi connectivity index (χ0) is 16.7. The predicted molar refractivity (Wildman–Crippen MR) is 90.7 cm³/mol. The van der Waals surface area contributed by atoms with E-state index in [0.29, 0.717) is 18.1 Å². The SMILES string of the molecule is CCCCN(C(=O)OCc1ccccc1)c1cc(C)nc(Cl)n1. The van der Waals surface area contributed by atoms with Crippen molar-refractivity contribution in [2.75, 3.05) is 11.4 Å². The van der Waals surface area contributed by atoms with Gasteiger partial charge in [-0.2, -0.15) is 0 Å². The zero-order valence-corrected chi connectivity index (χ0v) is 14.1. The second-order valence-electron chi connectivity index (χ2n) is 5.18. The van der Waals surface area contributed by atoms with E-state index < -0.39 is 6.09 Å². The van der Waals surface area contributed by atoms with Gasteiger partial charge in [0.25, 0.3) is 0 Å². The summed E-state index contributed by atoms with van der Waals surface area (Å²) in [5.74, 6) is 0.467. The van der Waals surface area contributed by atoms with Crippen LogP contribution in [0.25, 0.3) is 0 Å². The van der Waals surface area contributed by atoms with Gasteiger partial charge in [-0.15, -0.1) is 0 Å². The number of hydrogen-bond acceptors (Lipinski definition) is 4. The third-order valence-electron chi connectivity index (χ3n) is 3.25. The van der Waals surface area contributed by atoms with Crippen molar-refractivity contribution in [3.05, 3.63) is 52.9 Å². The molecule has 0 radical (unpaired) electrons. The van der Waals surface area contributed by atoms with Crippen molar-refractivity contribution >= 4 is 23.5 Å². The monoisotopic (exact) mass is 333 g/mol. The maximum atomic E-state index is 12.4. The number of carbonyl (C=O) groups is 1. The van der Waals surface area contributed by atoms with Crippen LogP contribution in [0.4, 0.5) is 10.6 Å². The van der Waals surface area contributed by atoms with Gasteiger partial charge in [0, 0.05) is 18.3 Å². The Kier molecular flexibility index (Phi) is 6.35. The average molecular weight is 334 g/mol. The first-order chi connectivity index (χ1) is 11.1. The lowest BCUT2D eigenvalue weighted by Gasteiger charge is -2.21. The number of benzene rings is 1. The van der Waals surface area contributed by atoms with Gasteiger partial charge >= 0.3 is 6.09 Å². The van der Waals surface area contributed by atoms with Crippen LogP contribution in [0.2, 0.25) is 5.28 Å². The molecule has 2 aromatic rings. The van der Waals surface area contributed by atoms with Crippen LogP contribution in [0.1, 0.15) is 31.0 Å². The van der Waals surface area contributed by atoms with E-state index in [9.17, 15) is 4.79 Å². The van der Waals surface area contributed by atoms with Gasteiger partial charge in [-0.3, -0.25) is 4.90 Å². The smallest absolute Gasteiger partial charge is 0.415 e. The third-order valence-corrected chi connectivity index (χ3v) is 3.42. The molecule has 0 aliphatic carbocycles. The van der Waals surface area contributed by atoms with E-state index in [0.717, 1.165) is 18.4 Å². The van der Waals surface area contributed by atoms with E-state index in [2.05, 4.69) is 16.9 Å². The first-order valence-corrected chi connectivity index (χ1v) is 7.97. The largest absolute Gasteiger partial charge is 0.444 e. The van der Waals surface area contributed by atoms with Crippen LogP contribution >= 0.6 is 11.6 Å². The lowest BCUT2D eigenvalue weighted by atomic mass is 10.2. The second-order valence-corrected chi connectivity index (χ2v) is 5.52. The van der Waals surface area contributed by atoms with Crippen LogP contribution in [0.5, 0.6) is 0 Å². The molecule has 0 atom stereocenters. The molecule has 1 amide bonds. The standard InChI is InChI=1S/C17H20ClN3O2/c1-3-4-10-21(15-11-13(2)19-16(18)20-15)17(22)23-12-14-8-6-5-7-9-14/h5-9,11H,3-4,10,12H2,1-2H3. The van der Waals surface area contributed by atoms with Gasteiger partial charge in [0.15, 0.2) is 0 Å². The van der Waals surface area contributed by atoms with Crippen LogP contribution in [-0.2, 0) is 11.3 Å². The quantitative estimate of drug-likeness (QED) is 0.736. The lowest BCUT2D eigenvalue weighted by Crippen LogP contribution is -2.33. The Balaban J connectivity index is 2.11. The van der Waals surface area contributed by atoms with E-state index in [1.807, 2.05) is 37.3 Å². The Bertz CT molecular complexity index is 629. The van der Waals surface area contributed by atoms with Gasteiger partial charge in [0.1, 0.15) is 12.4 Å². The number of unbranched alkanes of at least 4 members (excludes halogenated alkanes) is 1. The molecule has 0 saturated carbocycles. The molecule has 6 heteroatoms. The Labute approximate surface area is 141 Å². The van der Waals surface area contributed by atoms with E-state index in [4.69, 9.17) is 16.3 Å². The number of aromatic nitrogens is 2. The maximum Gasteiger partial charge on any atom is 0.415 e. The number of ether oxygens (including phenoxy) is 1. The van der Waals surface area contributed by atoms with Crippen LogP contribution in [-0.4, -0.2) is 22.6 Å². The van der Waals surface area contributed by atoms with Crippen molar-refractivity contribution in [2.24, 2.45) is 0 Å². The predicted octanol–water partition coefficient (Wildman–Crippen LogP) is 4.38. The second kappa shape index (κ2) is 8.48. The molecule has 0 fully saturated rings. The molecule has 0 bridgehead atoms. The van der Waals surface area contributed by atoms with Crippen molar-refractivity contribution < 1.29 is 9.53 Å². The lowest BCUT2D eigenvalue weighted by molar-refractivity contribution is 0.147. The highest BCUT2D eigenvalue weighted by atomic mass is 35.5. The van der Waals surface area contributed by atoms with Crippen molar-refractivity contribution in [1.29, 1.82) is 0 Å². The summed E-state index contributed by atoms with van der Waals surface area (Å²) < 4.78 is 5.40. The van der Waals surface area contributed by atoms with E-state index in [1.54, 1.807) is 6.07 Å². The van der Waals surface area contributed by atoms with Gasteiger partial charge in [-0.25, -0.2) is 14.8 Å². The first-order valence-electron chi connectivity index (χ1n) is 7.59. The van der Waals surface area contributed by atoms with Gasteiger partial charge in [0.05, 0.1) is 0 Å². The average Bonchev–Trinajstić information content (AvgIpc) is 2.53. The number of aryl methyl sites for hydroxylation is 1. The van der Waals surface area contributed by atoms with E-state index in [1.165, 1.54) is 4.90 Å². The molecule has 1 heterocycles. The van der Waals surface area contributed by atoms with Gasteiger partial charge in [0.2, 0.25) is 5.28 Å². The van der Waals surface area contributed by atoms with E-state index in [-0.39, 0.29) is 11.9 Å². The van der Waals surface area contributed by atoms with Crippen molar-refractivity contribution in [1.82, 2.24) is 9.97 Å². The number of nitrogens with zero attached hydrogens (tertiary/aromatic N) is 3. The molecule has 2 rings (SSSR count). The number of hydrogen-bond donors (Lipinski definition) is 0. The fraction of sp³-hybridized carbons (Fsp3) is 0.353. The number of amides is 1. The topological polar surface area (TPSA) is 55.3 Å². The van der Waals surface area contributed by atoms with Crippen molar-refractivity contribution in [3.63, 3.8) is 0 Å². The molecule has 122 valence electrons. The van der Waals surface area contributed by atoms with E-state index >= 15 is 0 Å². The molecule has 1 aromatic carbocycles. The highest BCUT2D eigenvalue weighted by Crippen LogP contribution is 2.17. The summed E-state index contributed by atoms with van der Waals surface area (Å²) in [6.07, 6.45) is 1.37. The molecular formula is C17H20ClN3O2. The molecule has 0 N–H and O–H groups in total. The summed E-state index contributed by atoms with van der Waals surface area (Å²) in [6.45, 7) is 4.62. The summed E-state index contributed by atoms with van der Waals surface area (Å²) in [6, 6.07) is 11.3. The fourth-order valence-electron chi connectivity index (χ4n) is 2.07. The van der Waals surface area contributed by atoms with Crippen LogP contribution in [0, 0.1) is 6.92 Å². The number of rotatable bonds is 6. The number of anilines is 1. The summed E-state index contributed by atoms with van der Waals surface area (Å²) in [4.78, 5) is 22.1.